The fourth-order valence-corrected chi connectivity index (χ4v) is 9.00. The maximum atomic E-state index is 5.51. The van der Waals surface area contributed by atoms with Crippen molar-refractivity contribution in [3.8, 4) is 44.5 Å². The van der Waals surface area contributed by atoms with Crippen molar-refractivity contribution in [3.05, 3.63) is 204 Å². The number of nitrogens with zero attached hydrogens (tertiary/aromatic N) is 2. The van der Waals surface area contributed by atoms with Gasteiger partial charge >= 0.3 is 0 Å². The topological polar surface area (TPSA) is 57.4 Å². The van der Waals surface area contributed by atoms with Crippen LogP contribution in [0.1, 0.15) is 64.3 Å². The molecule has 5 heterocycles. The summed E-state index contributed by atoms with van der Waals surface area (Å²) in [6, 6.07) is 43.9. The van der Waals surface area contributed by atoms with Gasteiger partial charge in [-0.1, -0.05) is 132 Å². The third kappa shape index (κ3) is 7.93. The Morgan fingerprint density at radius 3 is 0.919 bits per heavy atom. The standard InChI is InChI=1S/C57H50N4.Ni/c1-7-34-57(35-8-2,36-9-3)44-24-22-43(23-25-44)56-51-32-30-49(60-51)54(41-18-12-38(5)13-19-41)47-28-26-45(58-47)53(40-16-10-37(4)11-17-40)46-27-29-48(59-46)55(50-31-33-52(56)61-50)42-20-14-39(6)15-21-42;/h7-33,58,61H,1-3,34-36H2,4-6H3;. The smallest absolute Gasteiger partial charge is 0.0737 e. The average Bonchev–Trinajstić information content (AvgIpc) is 4.12. The van der Waals surface area contributed by atoms with Crippen molar-refractivity contribution in [2.24, 2.45) is 0 Å². The van der Waals surface area contributed by atoms with Crippen molar-refractivity contribution in [1.29, 1.82) is 0 Å². The molecular weight excluding hydrogens is 799 g/mol. The molecule has 0 aliphatic carbocycles. The molecule has 0 amide bonds. The molecule has 62 heavy (non-hydrogen) atoms. The number of fused-ring (bicyclic) bond motifs is 8. The predicted octanol–water partition coefficient (Wildman–Crippen LogP) is 15.2. The molecule has 4 nitrogen and oxygen atoms in total. The fraction of sp³-hybridized carbons (Fsp3) is 0.123. The summed E-state index contributed by atoms with van der Waals surface area (Å²) < 4.78 is 0. The molecule has 2 aliphatic heterocycles. The minimum Gasteiger partial charge on any atom is -0.354 e. The summed E-state index contributed by atoms with van der Waals surface area (Å²) in [5.41, 5.74) is 20.6. The van der Waals surface area contributed by atoms with E-state index in [0.29, 0.717) is 0 Å². The number of H-pyrrole nitrogens is 2. The molecule has 0 spiro atoms. The van der Waals surface area contributed by atoms with E-state index in [9.17, 15) is 0 Å². The quantitative estimate of drug-likeness (QED) is 0.101. The van der Waals surface area contributed by atoms with E-state index >= 15 is 0 Å². The number of hydrogen-bond donors (Lipinski definition) is 2. The van der Waals surface area contributed by atoms with Crippen molar-refractivity contribution in [2.45, 2.75) is 45.4 Å². The fourth-order valence-electron chi connectivity index (χ4n) is 9.00. The van der Waals surface area contributed by atoms with Crippen molar-refractivity contribution in [2.75, 3.05) is 0 Å². The monoisotopic (exact) mass is 848 g/mol. The predicted molar refractivity (Wildman–Crippen MR) is 261 cm³/mol. The van der Waals surface area contributed by atoms with Crippen LogP contribution in [0.25, 0.3) is 90.9 Å². The zero-order valence-electron chi connectivity index (χ0n) is 35.5. The number of aromatic amines is 2. The second kappa shape index (κ2) is 17.7. The number of allylic oxidation sites excluding steroid dienone is 3. The minimum absolute atomic E-state index is 0. The molecule has 0 saturated carbocycles. The first kappa shape index (κ1) is 41.9. The molecule has 0 atom stereocenters. The molecule has 0 unspecified atom stereocenters. The molecular formula is C57H50N4Ni. The minimum atomic E-state index is -0.160. The van der Waals surface area contributed by atoms with Gasteiger partial charge in [-0.05, 0) is 116 Å². The number of rotatable bonds is 11. The normalized spacial score (nSPS) is 11.9. The van der Waals surface area contributed by atoms with E-state index in [-0.39, 0.29) is 21.9 Å². The van der Waals surface area contributed by atoms with E-state index in [2.05, 4.69) is 196 Å². The van der Waals surface area contributed by atoms with Crippen LogP contribution in [0.2, 0.25) is 0 Å². The molecule has 9 rings (SSSR count). The van der Waals surface area contributed by atoms with Gasteiger partial charge in [0.05, 0.1) is 22.8 Å². The Balaban J connectivity index is 0.00000529. The van der Waals surface area contributed by atoms with Crippen LogP contribution in [0.4, 0.5) is 0 Å². The number of aromatic nitrogens is 4. The van der Waals surface area contributed by atoms with Crippen molar-refractivity contribution in [3.63, 3.8) is 0 Å². The third-order valence-corrected chi connectivity index (χ3v) is 12.2. The second-order valence-corrected chi connectivity index (χ2v) is 16.4. The van der Waals surface area contributed by atoms with Crippen LogP contribution in [0.15, 0.2) is 159 Å². The number of aryl methyl sites for hydroxylation is 3. The second-order valence-electron chi connectivity index (χ2n) is 16.4. The van der Waals surface area contributed by atoms with Crippen molar-refractivity contribution < 1.29 is 16.5 Å². The van der Waals surface area contributed by atoms with E-state index in [1.54, 1.807) is 0 Å². The van der Waals surface area contributed by atoms with Gasteiger partial charge in [0.2, 0.25) is 0 Å². The summed E-state index contributed by atoms with van der Waals surface area (Å²) in [5.74, 6) is 0. The number of nitrogens with one attached hydrogen (secondary N) is 2. The van der Waals surface area contributed by atoms with E-state index in [1.807, 2.05) is 18.2 Å². The Hall–Kier alpha value is -6.81. The molecule has 0 fully saturated rings. The maximum Gasteiger partial charge on any atom is 0.0737 e. The number of benzene rings is 4. The van der Waals surface area contributed by atoms with E-state index in [4.69, 9.17) is 9.97 Å². The molecule has 0 saturated heterocycles. The van der Waals surface area contributed by atoms with Gasteiger partial charge < -0.3 is 9.97 Å². The first-order valence-corrected chi connectivity index (χ1v) is 21.1. The average molecular weight is 850 g/mol. The summed E-state index contributed by atoms with van der Waals surface area (Å²) in [5, 5.41) is 0. The van der Waals surface area contributed by atoms with Crippen LogP contribution >= 0.6 is 0 Å². The van der Waals surface area contributed by atoms with E-state index < -0.39 is 0 Å². The van der Waals surface area contributed by atoms with Crippen LogP contribution in [-0.2, 0) is 21.9 Å². The van der Waals surface area contributed by atoms with Crippen LogP contribution in [-0.4, -0.2) is 19.9 Å². The summed E-state index contributed by atoms with van der Waals surface area (Å²) in [6.45, 7) is 18.7. The van der Waals surface area contributed by atoms with Gasteiger partial charge in [-0.3, -0.25) is 0 Å². The zero-order chi connectivity index (χ0) is 42.1. The van der Waals surface area contributed by atoms with Gasteiger partial charge in [-0.2, -0.15) is 0 Å². The van der Waals surface area contributed by atoms with Crippen LogP contribution in [0.3, 0.4) is 0 Å². The number of hydrogen-bond acceptors (Lipinski definition) is 2. The van der Waals surface area contributed by atoms with Crippen LogP contribution < -0.4 is 0 Å². The van der Waals surface area contributed by atoms with E-state index in [1.165, 1.54) is 22.3 Å². The maximum absolute atomic E-state index is 5.51. The Morgan fingerprint density at radius 2 is 0.661 bits per heavy atom. The summed E-state index contributed by atoms with van der Waals surface area (Å²) in [4.78, 5) is 18.7. The van der Waals surface area contributed by atoms with Crippen molar-refractivity contribution >= 4 is 46.4 Å². The van der Waals surface area contributed by atoms with Gasteiger partial charge in [0.15, 0.2) is 0 Å². The van der Waals surface area contributed by atoms with E-state index in [0.717, 1.165) is 109 Å². The molecule has 3 aromatic heterocycles. The zero-order valence-corrected chi connectivity index (χ0v) is 36.5. The van der Waals surface area contributed by atoms with Gasteiger partial charge in [0, 0.05) is 66.2 Å². The first-order valence-electron chi connectivity index (χ1n) is 21.1. The van der Waals surface area contributed by atoms with Gasteiger partial charge in [-0.15, -0.1) is 19.7 Å². The third-order valence-electron chi connectivity index (χ3n) is 12.2. The van der Waals surface area contributed by atoms with Gasteiger partial charge in [0.1, 0.15) is 0 Å². The summed E-state index contributed by atoms with van der Waals surface area (Å²) >= 11 is 0. The molecule has 2 N–H and O–H groups in total. The Labute approximate surface area is 375 Å². The van der Waals surface area contributed by atoms with Crippen LogP contribution in [0, 0.1) is 20.8 Å². The molecule has 8 bridgehead atoms. The summed E-state index contributed by atoms with van der Waals surface area (Å²) in [7, 11) is 0. The Bertz CT molecular complexity index is 2980. The molecule has 5 heteroatoms. The van der Waals surface area contributed by atoms with Crippen LogP contribution in [0.5, 0.6) is 0 Å². The molecule has 308 valence electrons. The van der Waals surface area contributed by atoms with Gasteiger partial charge in [0.25, 0.3) is 0 Å². The first-order chi connectivity index (χ1) is 29.8. The SMILES string of the molecule is C=CCC(CC=C)(CC=C)c1ccc(-c2c3nc(c(-c4ccc(C)cc4)c4ccc([nH]4)c(-c4ccc(C)cc4)c4nc(c(-c5ccc(C)cc5)c5ccc2[nH]5)C=C4)C=C3)cc1.[Ni]. The Kier molecular flexibility index (Phi) is 11.9. The van der Waals surface area contributed by atoms with Crippen molar-refractivity contribution in [1.82, 2.24) is 19.9 Å². The van der Waals surface area contributed by atoms with Gasteiger partial charge in [-0.25, -0.2) is 9.97 Å². The Morgan fingerprint density at radius 1 is 0.403 bits per heavy atom. The molecule has 2 aliphatic rings. The molecule has 0 radical (unpaired) electrons. The molecule has 7 aromatic rings. The summed E-state index contributed by atoms with van der Waals surface area (Å²) in [6.07, 6.45) is 17.1. The largest absolute Gasteiger partial charge is 0.354 e. The molecule has 4 aromatic carbocycles.